The topological polar surface area (TPSA) is 107 Å². The fourth-order valence-electron chi connectivity index (χ4n) is 3.50. The van der Waals surface area contributed by atoms with Crippen LogP contribution in [0.2, 0.25) is 5.02 Å². The number of rotatable bonds is 2. The summed E-state index contributed by atoms with van der Waals surface area (Å²) in [7, 11) is 1.58. The van der Waals surface area contributed by atoms with Crippen molar-refractivity contribution in [3.05, 3.63) is 66.2 Å². The molecule has 4 rings (SSSR count). The number of carbonyl (C=O) groups is 1. The predicted molar refractivity (Wildman–Crippen MR) is 88.8 cm³/mol. The summed E-state index contributed by atoms with van der Waals surface area (Å²) in [5.41, 5.74) is 1.05. The lowest BCUT2D eigenvalue weighted by Crippen LogP contribution is -2.23. The molecule has 1 N–H and O–H groups in total. The number of carbonyl (C=O) groups excluding carboxylic acids is 1. The monoisotopic (exact) mass is 361 g/mol. The molecule has 0 saturated carbocycles. The number of fused-ring (bicyclic) bond motifs is 1. The van der Waals surface area contributed by atoms with Gasteiger partial charge in [-0.25, -0.2) is 4.79 Å². The van der Waals surface area contributed by atoms with Gasteiger partial charge in [0.2, 0.25) is 0 Å². The van der Waals surface area contributed by atoms with Crippen LogP contribution in [0.4, 0.5) is 11.5 Å². The van der Waals surface area contributed by atoms with Crippen LogP contribution in [0.15, 0.2) is 38.8 Å². The summed E-state index contributed by atoms with van der Waals surface area (Å²) in [6.45, 7) is 0. The number of halogens is 1. The average molecular weight is 362 g/mol. The summed E-state index contributed by atoms with van der Waals surface area (Å²) in [5.74, 6) is -0.338. The van der Waals surface area contributed by atoms with Gasteiger partial charge < -0.3 is 9.84 Å². The highest BCUT2D eigenvalue weighted by Crippen LogP contribution is 2.45. The predicted octanol–water partition coefficient (Wildman–Crippen LogP) is 2.71. The van der Waals surface area contributed by atoms with E-state index in [9.17, 15) is 19.7 Å². The SMILES string of the molecule is Cn1oc(=O)c2c1NC1=C(C(=O)CC1)C2c1ccc(Cl)c([N+](=O)[O-])c1. The van der Waals surface area contributed by atoms with E-state index in [0.29, 0.717) is 29.8 Å². The largest absolute Gasteiger partial charge is 0.363 e. The van der Waals surface area contributed by atoms with Crippen LogP contribution >= 0.6 is 11.6 Å². The molecule has 2 heterocycles. The number of Topliss-reactive ketones (excluding diaryl/α,β-unsaturated/α-hetero) is 1. The summed E-state index contributed by atoms with van der Waals surface area (Å²) >= 11 is 5.89. The Balaban J connectivity index is 1.99. The number of benzene rings is 1. The molecule has 2 aromatic rings. The summed E-state index contributed by atoms with van der Waals surface area (Å²) in [4.78, 5) is 35.4. The molecule has 128 valence electrons. The van der Waals surface area contributed by atoms with E-state index in [4.69, 9.17) is 16.1 Å². The zero-order chi connectivity index (χ0) is 17.9. The standard InChI is InChI=1S/C16H12ClN3O5/c1-19-15-14(16(22)25-19)12(13-9(18-15)4-5-11(13)21)7-2-3-8(17)10(6-7)20(23)24/h2-3,6,12,18H,4-5H2,1H3. The molecule has 0 saturated heterocycles. The molecule has 0 fully saturated rings. The van der Waals surface area contributed by atoms with Crippen molar-refractivity contribution in [3.63, 3.8) is 0 Å². The molecule has 1 aliphatic carbocycles. The first-order valence-corrected chi connectivity index (χ1v) is 7.93. The van der Waals surface area contributed by atoms with Crippen LogP contribution in [-0.4, -0.2) is 15.4 Å². The Bertz CT molecular complexity index is 1030. The molecule has 1 atom stereocenters. The molecule has 0 spiro atoms. The first kappa shape index (κ1) is 15.6. The van der Waals surface area contributed by atoms with Gasteiger partial charge in [0.15, 0.2) is 11.6 Å². The molecule has 1 aromatic heterocycles. The summed E-state index contributed by atoms with van der Waals surface area (Å²) in [6.07, 6.45) is 0.863. The molecule has 0 bridgehead atoms. The lowest BCUT2D eigenvalue weighted by Gasteiger charge is -2.24. The lowest BCUT2D eigenvalue weighted by atomic mass is 9.82. The number of nitro groups is 1. The number of allylic oxidation sites excluding steroid dienone is 2. The van der Waals surface area contributed by atoms with E-state index in [1.165, 1.54) is 16.9 Å². The van der Waals surface area contributed by atoms with Crippen molar-refractivity contribution in [1.29, 1.82) is 0 Å². The molecule has 1 aromatic carbocycles. The number of nitrogens with one attached hydrogen (secondary N) is 1. The molecule has 1 unspecified atom stereocenters. The van der Waals surface area contributed by atoms with Crippen molar-refractivity contribution in [1.82, 2.24) is 4.74 Å². The van der Waals surface area contributed by atoms with Gasteiger partial charge in [-0.1, -0.05) is 17.7 Å². The highest BCUT2D eigenvalue weighted by Gasteiger charge is 2.41. The fourth-order valence-corrected chi connectivity index (χ4v) is 3.68. The minimum atomic E-state index is -0.713. The Hall–Kier alpha value is -2.87. The van der Waals surface area contributed by atoms with Crippen molar-refractivity contribution < 1.29 is 14.2 Å². The quantitative estimate of drug-likeness (QED) is 0.651. The van der Waals surface area contributed by atoms with E-state index in [2.05, 4.69) is 5.32 Å². The summed E-state index contributed by atoms with van der Waals surface area (Å²) < 4.78 is 6.43. The van der Waals surface area contributed by atoms with E-state index < -0.39 is 16.5 Å². The average Bonchev–Trinajstić information content (AvgIpc) is 3.07. The first-order valence-electron chi connectivity index (χ1n) is 7.55. The third-order valence-electron chi connectivity index (χ3n) is 4.58. The zero-order valence-corrected chi connectivity index (χ0v) is 13.8. The fraction of sp³-hybridized carbons (Fsp3) is 0.250. The van der Waals surface area contributed by atoms with Gasteiger partial charge in [0.05, 0.1) is 16.4 Å². The molecule has 25 heavy (non-hydrogen) atoms. The number of nitrogens with zero attached hydrogens (tertiary/aromatic N) is 2. The zero-order valence-electron chi connectivity index (χ0n) is 13.0. The summed E-state index contributed by atoms with van der Waals surface area (Å²) in [5, 5.41) is 14.3. The van der Waals surface area contributed by atoms with Gasteiger partial charge in [0, 0.05) is 30.8 Å². The van der Waals surface area contributed by atoms with Crippen molar-refractivity contribution in [2.24, 2.45) is 7.05 Å². The maximum atomic E-state index is 12.4. The Kier molecular flexibility index (Phi) is 3.33. The Labute approximate surface area is 145 Å². The molecule has 8 nitrogen and oxygen atoms in total. The van der Waals surface area contributed by atoms with Crippen molar-refractivity contribution in [3.8, 4) is 0 Å². The van der Waals surface area contributed by atoms with Crippen LogP contribution in [0.3, 0.4) is 0 Å². The smallest absolute Gasteiger partial charge is 0.342 e. The van der Waals surface area contributed by atoms with E-state index in [1.807, 2.05) is 0 Å². The van der Waals surface area contributed by atoms with E-state index in [1.54, 1.807) is 13.1 Å². The first-order chi connectivity index (χ1) is 11.9. The lowest BCUT2D eigenvalue weighted by molar-refractivity contribution is -0.384. The highest BCUT2D eigenvalue weighted by atomic mass is 35.5. The number of anilines is 1. The molecule has 0 amide bonds. The third-order valence-corrected chi connectivity index (χ3v) is 4.90. The van der Waals surface area contributed by atoms with Crippen LogP contribution < -0.4 is 10.9 Å². The highest BCUT2D eigenvalue weighted by molar-refractivity contribution is 6.32. The van der Waals surface area contributed by atoms with Crippen molar-refractivity contribution in [2.45, 2.75) is 18.8 Å². The van der Waals surface area contributed by atoms with Crippen LogP contribution in [0.5, 0.6) is 0 Å². The van der Waals surface area contributed by atoms with E-state index in [0.717, 1.165) is 5.70 Å². The number of hydrogen-bond acceptors (Lipinski definition) is 6. The number of hydrogen-bond donors (Lipinski definition) is 1. The van der Waals surface area contributed by atoms with Gasteiger partial charge >= 0.3 is 5.63 Å². The van der Waals surface area contributed by atoms with Crippen molar-refractivity contribution in [2.75, 3.05) is 5.32 Å². The van der Waals surface area contributed by atoms with Gasteiger partial charge in [0.25, 0.3) is 5.69 Å². The second kappa shape index (κ2) is 5.32. The third kappa shape index (κ3) is 2.21. The van der Waals surface area contributed by atoms with Gasteiger partial charge in [-0.05, 0) is 18.1 Å². The second-order valence-corrected chi connectivity index (χ2v) is 6.39. The van der Waals surface area contributed by atoms with Crippen LogP contribution in [0, 0.1) is 10.1 Å². The molecule has 9 heteroatoms. The van der Waals surface area contributed by atoms with Gasteiger partial charge in [-0.2, -0.15) is 4.74 Å². The van der Waals surface area contributed by atoms with Gasteiger partial charge in [0.1, 0.15) is 5.02 Å². The minimum absolute atomic E-state index is 0.00467. The molecule has 2 aliphatic rings. The number of aryl methyl sites for hydroxylation is 1. The number of aromatic nitrogens is 1. The Morgan fingerprint density at radius 1 is 1.36 bits per heavy atom. The number of ketones is 1. The minimum Gasteiger partial charge on any atom is -0.342 e. The molecular formula is C16H12ClN3O5. The molecule has 1 aliphatic heterocycles. The van der Waals surface area contributed by atoms with Crippen LogP contribution in [0.1, 0.15) is 29.9 Å². The Morgan fingerprint density at radius 3 is 2.84 bits per heavy atom. The van der Waals surface area contributed by atoms with Gasteiger partial charge in [-0.15, -0.1) is 0 Å². The molecule has 0 radical (unpaired) electrons. The molecular weight excluding hydrogens is 350 g/mol. The van der Waals surface area contributed by atoms with Crippen LogP contribution in [0.25, 0.3) is 0 Å². The van der Waals surface area contributed by atoms with Gasteiger partial charge in [-0.3, -0.25) is 14.9 Å². The number of nitro benzene ring substituents is 1. The second-order valence-electron chi connectivity index (χ2n) is 5.98. The summed E-state index contributed by atoms with van der Waals surface area (Å²) in [6, 6.07) is 4.31. The maximum Gasteiger partial charge on any atom is 0.363 e. The van der Waals surface area contributed by atoms with Crippen molar-refractivity contribution >= 4 is 28.9 Å². The van der Waals surface area contributed by atoms with Crippen LogP contribution in [-0.2, 0) is 11.8 Å². The Morgan fingerprint density at radius 2 is 2.12 bits per heavy atom. The maximum absolute atomic E-state index is 12.4. The van der Waals surface area contributed by atoms with E-state index >= 15 is 0 Å². The normalized spacial score (nSPS) is 18.8. The van der Waals surface area contributed by atoms with E-state index in [-0.39, 0.29) is 22.1 Å².